The van der Waals surface area contributed by atoms with E-state index in [2.05, 4.69) is 19.8 Å². The minimum absolute atomic E-state index is 0. The van der Waals surface area contributed by atoms with Crippen LogP contribution in [0.5, 0.6) is 17.2 Å². The highest BCUT2D eigenvalue weighted by atomic mass is 35.5. The van der Waals surface area contributed by atoms with Gasteiger partial charge in [-0.2, -0.15) is 0 Å². The van der Waals surface area contributed by atoms with Crippen LogP contribution in [0.1, 0.15) is 17.4 Å². The Morgan fingerprint density at radius 2 is 1.92 bits per heavy atom. The molecule has 3 rings (SSSR count). The first-order valence-corrected chi connectivity index (χ1v) is 8.39. The summed E-state index contributed by atoms with van der Waals surface area (Å²) in [5.74, 6) is 3.08. The van der Waals surface area contributed by atoms with Crippen molar-refractivity contribution in [3.05, 3.63) is 35.9 Å². The standard InChI is InChI=1S/C18H26N4O3.ClH/c1-21-9-8-20-18(21)14-11-19-7-10-22(14)12-13-5-6-15(23-2)17(25-4)16(13)24-3;/h5-6,8-9,14,19H,7,10-12H2,1-4H3;1H. The molecule has 1 aliphatic heterocycles. The molecular weight excluding hydrogens is 356 g/mol. The molecule has 0 bridgehead atoms. The molecule has 0 aliphatic carbocycles. The maximum Gasteiger partial charge on any atom is 0.203 e. The van der Waals surface area contributed by atoms with E-state index in [1.54, 1.807) is 21.3 Å². The number of hydrogen-bond acceptors (Lipinski definition) is 6. The average molecular weight is 383 g/mol. The third-order valence-corrected chi connectivity index (χ3v) is 4.67. The molecule has 1 N–H and O–H groups in total. The second kappa shape index (κ2) is 9.12. The summed E-state index contributed by atoms with van der Waals surface area (Å²) < 4.78 is 18.6. The van der Waals surface area contributed by atoms with Crippen molar-refractivity contribution in [1.82, 2.24) is 19.8 Å². The Balaban J connectivity index is 0.00000243. The molecule has 26 heavy (non-hydrogen) atoms. The lowest BCUT2D eigenvalue weighted by molar-refractivity contribution is 0.143. The lowest BCUT2D eigenvalue weighted by Crippen LogP contribution is -2.46. The first-order chi connectivity index (χ1) is 12.2. The van der Waals surface area contributed by atoms with Gasteiger partial charge in [0.1, 0.15) is 5.82 Å². The molecule has 1 aromatic heterocycles. The molecule has 0 spiro atoms. The van der Waals surface area contributed by atoms with Crippen LogP contribution < -0.4 is 19.5 Å². The van der Waals surface area contributed by atoms with Crippen LogP contribution >= 0.6 is 12.4 Å². The van der Waals surface area contributed by atoms with Gasteiger partial charge in [0.15, 0.2) is 11.5 Å². The lowest BCUT2D eigenvalue weighted by Gasteiger charge is -2.36. The van der Waals surface area contributed by atoms with E-state index < -0.39 is 0 Å². The minimum atomic E-state index is 0. The summed E-state index contributed by atoms with van der Waals surface area (Å²) in [5, 5.41) is 3.46. The predicted octanol–water partition coefficient (Wildman–Crippen LogP) is 2.01. The van der Waals surface area contributed by atoms with Gasteiger partial charge in [0.2, 0.25) is 5.75 Å². The molecule has 144 valence electrons. The van der Waals surface area contributed by atoms with Gasteiger partial charge in [-0.3, -0.25) is 4.90 Å². The number of rotatable bonds is 6. The molecule has 0 saturated carbocycles. The van der Waals surface area contributed by atoms with Crippen LogP contribution in [0, 0.1) is 0 Å². The van der Waals surface area contributed by atoms with E-state index in [0.29, 0.717) is 11.5 Å². The second-order valence-electron chi connectivity index (χ2n) is 6.08. The van der Waals surface area contributed by atoms with E-state index in [9.17, 15) is 0 Å². The monoisotopic (exact) mass is 382 g/mol. The van der Waals surface area contributed by atoms with Gasteiger partial charge in [-0.15, -0.1) is 12.4 Å². The Morgan fingerprint density at radius 3 is 2.54 bits per heavy atom. The molecule has 1 aliphatic rings. The summed E-state index contributed by atoms with van der Waals surface area (Å²) in [4.78, 5) is 6.96. The number of halogens is 1. The summed E-state index contributed by atoms with van der Waals surface area (Å²) in [5.41, 5.74) is 1.07. The molecule has 1 atom stereocenters. The zero-order valence-corrected chi connectivity index (χ0v) is 16.5. The van der Waals surface area contributed by atoms with Crippen molar-refractivity contribution in [3.8, 4) is 17.2 Å². The molecule has 7 nitrogen and oxygen atoms in total. The summed E-state index contributed by atoms with van der Waals surface area (Å²) in [6.07, 6.45) is 3.83. The van der Waals surface area contributed by atoms with E-state index in [4.69, 9.17) is 14.2 Å². The van der Waals surface area contributed by atoms with Gasteiger partial charge in [0, 0.05) is 51.2 Å². The topological polar surface area (TPSA) is 60.8 Å². The number of benzene rings is 1. The smallest absolute Gasteiger partial charge is 0.203 e. The van der Waals surface area contributed by atoms with Crippen LogP contribution in [0.25, 0.3) is 0 Å². The van der Waals surface area contributed by atoms with Gasteiger partial charge in [-0.1, -0.05) is 6.07 Å². The molecule has 0 amide bonds. The first kappa shape index (κ1) is 20.4. The number of imidazole rings is 1. The quantitative estimate of drug-likeness (QED) is 0.824. The Morgan fingerprint density at radius 1 is 1.15 bits per heavy atom. The fourth-order valence-corrected chi connectivity index (χ4v) is 3.39. The van der Waals surface area contributed by atoms with Crippen molar-refractivity contribution in [2.24, 2.45) is 7.05 Å². The van der Waals surface area contributed by atoms with Crippen molar-refractivity contribution in [2.45, 2.75) is 12.6 Å². The van der Waals surface area contributed by atoms with E-state index in [1.165, 1.54) is 0 Å². The largest absolute Gasteiger partial charge is 0.493 e. The molecule has 1 saturated heterocycles. The number of piperazine rings is 1. The van der Waals surface area contributed by atoms with Crippen LogP contribution in [-0.4, -0.2) is 55.4 Å². The number of methoxy groups -OCH3 is 3. The van der Waals surface area contributed by atoms with Crippen LogP contribution in [0.4, 0.5) is 0 Å². The summed E-state index contributed by atoms with van der Waals surface area (Å²) in [7, 11) is 6.96. The Kier molecular flexibility index (Phi) is 7.14. The second-order valence-corrected chi connectivity index (χ2v) is 6.08. The zero-order valence-electron chi connectivity index (χ0n) is 15.7. The Bertz CT molecular complexity index is 722. The normalized spacial score (nSPS) is 17.5. The highest BCUT2D eigenvalue weighted by Crippen LogP contribution is 2.40. The predicted molar refractivity (Wildman–Crippen MR) is 103 cm³/mol. The highest BCUT2D eigenvalue weighted by molar-refractivity contribution is 5.85. The van der Waals surface area contributed by atoms with Crippen molar-refractivity contribution in [1.29, 1.82) is 0 Å². The maximum atomic E-state index is 5.63. The number of nitrogens with one attached hydrogen (secondary N) is 1. The molecule has 8 heteroatoms. The van der Waals surface area contributed by atoms with Crippen molar-refractivity contribution in [3.63, 3.8) is 0 Å². The lowest BCUT2D eigenvalue weighted by atomic mass is 10.1. The Labute approximate surface area is 160 Å². The highest BCUT2D eigenvalue weighted by Gasteiger charge is 2.28. The number of aryl methyl sites for hydroxylation is 1. The van der Waals surface area contributed by atoms with Crippen LogP contribution in [-0.2, 0) is 13.6 Å². The number of ether oxygens (including phenoxy) is 3. The molecule has 1 aromatic carbocycles. The average Bonchev–Trinajstić information content (AvgIpc) is 3.07. The molecule has 1 unspecified atom stereocenters. The van der Waals surface area contributed by atoms with Gasteiger partial charge < -0.3 is 24.1 Å². The summed E-state index contributed by atoms with van der Waals surface area (Å²) in [6, 6.07) is 4.18. The number of hydrogen-bond donors (Lipinski definition) is 1. The molecule has 1 fully saturated rings. The molecule has 0 radical (unpaired) electrons. The molecular formula is C18H27ClN4O3. The maximum absolute atomic E-state index is 5.63. The fraction of sp³-hybridized carbons (Fsp3) is 0.500. The van der Waals surface area contributed by atoms with Gasteiger partial charge in [0.05, 0.1) is 27.4 Å². The van der Waals surface area contributed by atoms with Gasteiger partial charge >= 0.3 is 0 Å². The zero-order chi connectivity index (χ0) is 17.8. The first-order valence-electron chi connectivity index (χ1n) is 8.39. The van der Waals surface area contributed by atoms with Crippen molar-refractivity contribution < 1.29 is 14.2 Å². The summed E-state index contributed by atoms with van der Waals surface area (Å²) in [6.45, 7) is 3.52. The molecule has 2 heterocycles. The molecule has 2 aromatic rings. The van der Waals surface area contributed by atoms with Gasteiger partial charge in [-0.25, -0.2) is 4.98 Å². The summed E-state index contributed by atoms with van der Waals surface area (Å²) >= 11 is 0. The van der Waals surface area contributed by atoms with E-state index >= 15 is 0 Å². The van der Waals surface area contributed by atoms with Crippen molar-refractivity contribution >= 4 is 12.4 Å². The SMILES string of the molecule is COc1ccc(CN2CCNCC2c2nccn2C)c(OC)c1OC.Cl. The number of nitrogens with zero attached hydrogens (tertiary/aromatic N) is 3. The third kappa shape index (κ3) is 3.90. The van der Waals surface area contributed by atoms with Gasteiger partial charge in [0.25, 0.3) is 0 Å². The van der Waals surface area contributed by atoms with E-state index in [-0.39, 0.29) is 18.4 Å². The van der Waals surface area contributed by atoms with E-state index in [1.807, 2.05) is 31.6 Å². The van der Waals surface area contributed by atoms with Crippen LogP contribution in [0.3, 0.4) is 0 Å². The third-order valence-electron chi connectivity index (χ3n) is 4.67. The van der Waals surface area contributed by atoms with Crippen LogP contribution in [0.2, 0.25) is 0 Å². The Hall–Kier alpha value is -1.96. The van der Waals surface area contributed by atoms with E-state index in [0.717, 1.165) is 43.3 Å². The van der Waals surface area contributed by atoms with Gasteiger partial charge in [-0.05, 0) is 6.07 Å². The minimum Gasteiger partial charge on any atom is -0.493 e. The van der Waals surface area contributed by atoms with Crippen LogP contribution in [0.15, 0.2) is 24.5 Å². The fourth-order valence-electron chi connectivity index (χ4n) is 3.39. The van der Waals surface area contributed by atoms with Crippen molar-refractivity contribution in [2.75, 3.05) is 41.0 Å². The number of aromatic nitrogens is 2.